The van der Waals surface area contributed by atoms with Crippen LogP contribution in [-0.2, 0) is 6.54 Å². The maximum Gasteiger partial charge on any atom is 0.293 e. The lowest BCUT2D eigenvalue weighted by molar-refractivity contribution is 0.0948. The highest BCUT2D eigenvalue weighted by Crippen LogP contribution is 2.17. The summed E-state index contributed by atoms with van der Waals surface area (Å²) in [5.74, 6) is 0.956. The van der Waals surface area contributed by atoms with Crippen molar-refractivity contribution in [1.29, 1.82) is 0 Å². The topological polar surface area (TPSA) is 153 Å². The first-order valence-electron chi connectivity index (χ1n) is 8.68. The van der Waals surface area contributed by atoms with Crippen LogP contribution >= 0.6 is 0 Å². The van der Waals surface area contributed by atoms with Crippen molar-refractivity contribution in [3.05, 3.63) is 35.0 Å². The average molecular weight is 387 g/mol. The highest BCUT2D eigenvalue weighted by Gasteiger charge is 2.24. The number of hydrogen-bond donors (Lipinski definition) is 2. The molecule has 0 unspecified atom stereocenters. The zero-order valence-electron chi connectivity index (χ0n) is 15.8. The molecule has 3 aromatic heterocycles. The minimum Gasteiger partial charge on any atom is -0.460 e. The van der Waals surface area contributed by atoms with Gasteiger partial charge in [0.1, 0.15) is 11.5 Å². The predicted molar refractivity (Wildman–Crippen MR) is 98.8 cm³/mol. The fourth-order valence-electron chi connectivity index (χ4n) is 2.52. The van der Waals surface area contributed by atoms with Crippen LogP contribution in [0.5, 0.6) is 0 Å². The number of amides is 1. The Bertz CT molecular complexity index is 968. The first kappa shape index (κ1) is 19.2. The molecule has 0 aliphatic heterocycles. The van der Waals surface area contributed by atoms with Crippen molar-refractivity contribution in [2.45, 2.75) is 27.3 Å². The smallest absolute Gasteiger partial charge is 0.293 e. The van der Waals surface area contributed by atoms with Crippen molar-refractivity contribution in [3.8, 4) is 5.82 Å². The molecule has 0 saturated heterocycles. The Morgan fingerprint density at radius 2 is 2.14 bits per heavy atom. The van der Waals surface area contributed by atoms with Gasteiger partial charge < -0.3 is 10.2 Å². The van der Waals surface area contributed by atoms with Gasteiger partial charge in [-0.15, -0.1) is 5.10 Å². The van der Waals surface area contributed by atoms with Gasteiger partial charge in [-0.25, -0.2) is 10.1 Å². The Morgan fingerprint density at radius 3 is 2.75 bits per heavy atom. The lowest BCUT2D eigenvalue weighted by Gasteiger charge is -2.18. The molecule has 0 bridgehead atoms. The van der Waals surface area contributed by atoms with Gasteiger partial charge in [-0.2, -0.15) is 9.78 Å². The van der Waals surface area contributed by atoms with E-state index in [0.29, 0.717) is 18.0 Å². The summed E-state index contributed by atoms with van der Waals surface area (Å²) in [5.41, 5.74) is 8.78. The third-order valence-electron chi connectivity index (χ3n) is 4.06. The monoisotopic (exact) mass is 387 g/mol. The summed E-state index contributed by atoms with van der Waals surface area (Å²) in [6.45, 7) is 7.78. The third-order valence-corrected chi connectivity index (χ3v) is 4.06. The molecule has 0 saturated carbocycles. The molecule has 148 valence electrons. The van der Waals surface area contributed by atoms with E-state index in [-0.39, 0.29) is 17.3 Å². The highest BCUT2D eigenvalue weighted by molar-refractivity contribution is 5.94. The summed E-state index contributed by atoms with van der Waals surface area (Å²) in [6, 6.07) is 3.54. The van der Waals surface area contributed by atoms with Gasteiger partial charge >= 0.3 is 0 Å². The van der Waals surface area contributed by atoms with Gasteiger partial charge in [0, 0.05) is 6.54 Å². The molecule has 3 rings (SSSR count). The number of nitrogen functional groups attached to an aromatic ring is 1. The number of nitrogens with zero attached hydrogens (tertiary/aromatic N) is 7. The van der Waals surface area contributed by atoms with Gasteiger partial charge in [-0.05, 0) is 42.5 Å². The van der Waals surface area contributed by atoms with Crippen LogP contribution in [0.2, 0.25) is 0 Å². The van der Waals surface area contributed by atoms with Crippen LogP contribution < -0.4 is 11.2 Å². The van der Waals surface area contributed by atoms with E-state index in [1.54, 1.807) is 12.1 Å². The summed E-state index contributed by atoms with van der Waals surface area (Å²) >= 11 is 0. The van der Waals surface area contributed by atoms with E-state index in [0.717, 1.165) is 18.8 Å². The zero-order chi connectivity index (χ0) is 20.1. The lowest BCUT2D eigenvalue weighted by Crippen LogP contribution is -2.27. The lowest BCUT2D eigenvalue weighted by atomic mass is 10.2. The van der Waals surface area contributed by atoms with Crippen molar-refractivity contribution in [2.24, 2.45) is 5.10 Å². The number of nitrogens with two attached hydrogens (primary N) is 1. The molecule has 0 atom stereocenters. The Morgan fingerprint density at radius 1 is 1.36 bits per heavy atom. The van der Waals surface area contributed by atoms with E-state index in [1.807, 2.05) is 20.8 Å². The number of furan rings is 1. The van der Waals surface area contributed by atoms with Crippen LogP contribution in [0.1, 0.15) is 41.6 Å². The van der Waals surface area contributed by atoms with Gasteiger partial charge in [0.15, 0.2) is 5.69 Å². The van der Waals surface area contributed by atoms with Gasteiger partial charge in [0.2, 0.25) is 11.6 Å². The van der Waals surface area contributed by atoms with Crippen LogP contribution in [0, 0.1) is 6.92 Å². The molecule has 0 fully saturated rings. The average Bonchev–Trinajstić information content (AvgIpc) is 3.39. The van der Waals surface area contributed by atoms with Crippen LogP contribution in [0.25, 0.3) is 5.82 Å². The Labute approximate surface area is 160 Å². The molecule has 3 heterocycles. The van der Waals surface area contributed by atoms with Gasteiger partial charge in [0.05, 0.1) is 11.9 Å². The van der Waals surface area contributed by atoms with E-state index in [9.17, 15) is 4.79 Å². The quantitative estimate of drug-likeness (QED) is 0.420. The number of carbonyl (C=O) groups excluding carboxylic acids is 1. The standard InChI is InChI=1S/C16H21N9O3/c1-4-24(5-2)9-12-13(19-23-25(12)15-14(17)21-28-22-15)16(26)20-18-8-11-7-6-10(3)27-11/h6-8H,4-5,9H2,1-3H3,(H2,17,21)(H,20,26)/b18-8-. The second kappa shape index (κ2) is 8.43. The molecule has 0 aromatic carbocycles. The number of aryl methyl sites for hydroxylation is 1. The third kappa shape index (κ3) is 4.06. The molecule has 3 N–H and O–H groups in total. The minimum absolute atomic E-state index is 0.0452. The number of nitrogens with one attached hydrogen (secondary N) is 1. The molecular formula is C16H21N9O3. The van der Waals surface area contributed by atoms with E-state index in [1.165, 1.54) is 10.9 Å². The number of anilines is 1. The van der Waals surface area contributed by atoms with Crippen LogP contribution in [0.3, 0.4) is 0 Å². The second-order valence-corrected chi connectivity index (χ2v) is 5.88. The van der Waals surface area contributed by atoms with Crippen molar-refractivity contribution < 1.29 is 13.8 Å². The van der Waals surface area contributed by atoms with E-state index in [4.69, 9.17) is 10.2 Å². The molecule has 0 aliphatic rings. The number of rotatable bonds is 8. The fraction of sp³-hybridized carbons (Fsp3) is 0.375. The summed E-state index contributed by atoms with van der Waals surface area (Å²) in [7, 11) is 0. The van der Waals surface area contributed by atoms with Crippen LogP contribution in [-0.4, -0.2) is 55.4 Å². The number of hydrogen-bond acceptors (Lipinski definition) is 10. The Kier molecular flexibility index (Phi) is 5.79. The number of carbonyl (C=O) groups is 1. The van der Waals surface area contributed by atoms with Gasteiger partial charge in [-0.3, -0.25) is 9.69 Å². The first-order valence-corrected chi connectivity index (χ1v) is 8.68. The Hall–Kier alpha value is -3.54. The number of aromatic nitrogens is 5. The second-order valence-electron chi connectivity index (χ2n) is 5.88. The molecule has 1 amide bonds. The van der Waals surface area contributed by atoms with Gasteiger partial charge in [-0.1, -0.05) is 19.1 Å². The molecule has 0 spiro atoms. The minimum atomic E-state index is -0.525. The molecule has 0 aliphatic carbocycles. The molecular weight excluding hydrogens is 366 g/mol. The van der Waals surface area contributed by atoms with E-state index < -0.39 is 5.91 Å². The van der Waals surface area contributed by atoms with Crippen LogP contribution in [0.4, 0.5) is 5.82 Å². The summed E-state index contributed by atoms with van der Waals surface area (Å²) in [4.78, 5) is 14.7. The van der Waals surface area contributed by atoms with Crippen molar-refractivity contribution in [2.75, 3.05) is 18.8 Å². The normalized spacial score (nSPS) is 11.6. The molecule has 0 radical (unpaired) electrons. The predicted octanol–water partition coefficient (Wildman–Crippen LogP) is 0.740. The van der Waals surface area contributed by atoms with Crippen LogP contribution in [0.15, 0.2) is 26.3 Å². The fourth-order valence-corrected chi connectivity index (χ4v) is 2.52. The zero-order valence-corrected chi connectivity index (χ0v) is 15.8. The Balaban J connectivity index is 1.86. The van der Waals surface area contributed by atoms with E-state index >= 15 is 0 Å². The largest absolute Gasteiger partial charge is 0.460 e. The number of hydrazone groups is 1. The maximum atomic E-state index is 12.6. The van der Waals surface area contributed by atoms with Gasteiger partial charge in [0.25, 0.3) is 5.91 Å². The van der Waals surface area contributed by atoms with E-state index in [2.05, 4.69) is 40.7 Å². The molecule has 12 heteroatoms. The molecule has 28 heavy (non-hydrogen) atoms. The molecule has 3 aromatic rings. The summed E-state index contributed by atoms with van der Waals surface area (Å²) in [6.07, 6.45) is 1.40. The molecule has 12 nitrogen and oxygen atoms in total. The highest BCUT2D eigenvalue weighted by atomic mass is 16.6. The van der Waals surface area contributed by atoms with Crippen molar-refractivity contribution in [1.82, 2.24) is 35.6 Å². The summed E-state index contributed by atoms with van der Waals surface area (Å²) in [5, 5.41) is 19.2. The maximum absolute atomic E-state index is 12.6. The first-order chi connectivity index (χ1) is 13.5. The van der Waals surface area contributed by atoms with Crippen molar-refractivity contribution in [3.63, 3.8) is 0 Å². The SMILES string of the molecule is CCN(CC)Cc1c(C(=O)N/N=C\c2ccc(C)o2)nnn1-c1nonc1N. The van der Waals surface area contributed by atoms with Crippen molar-refractivity contribution >= 4 is 17.9 Å². The summed E-state index contributed by atoms with van der Waals surface area (Å²) < 4.78 is 11.3.